The quantitative estimate of drug-likeness (QED) is 0.569. The van der Waals surface area contributed by atoms with E-state index in [2.05, 4.69) is 9.62 Å². The number of benzene rings is 2. The Morgan fingerprint density at radius 3 is 2.41 bits per heavy atom. The first kappa shape index (κ1) is 22.5. The van der Waals surface area contributed by atoms with Crippen LogP contribution in [0.15, 0.2) is 76.2 Å². The zero-order chi connectivity index (χ0) is 22.6. The lowest BCUT2D eigenvalue weighted by Gasteiger charge is -2.34. The van der Waals surface area contributed by atoms with E-state index in [-0.39, 0.29) is 17.3 Å². The first-order valence-electron chi connectivity index (χ1n) is 10.3. The van der Waals surface area contributed by atoms with Gasteiger partial charge < -0.3 is 9.32 Å². The van der Waals surface area contributed by atoms with Crippen molar-refractivity contribution in [2.45, 2.75) is 18.0 Å². The maximum Gasteiger partial charge on any atom is 0.253 e. The van der Waals surface area contributed by atoms with E-state index in [0.29, 0.717) is 24.4 Å². The topological polar surface area (TPSA) is 82.9 Å². The van der Waals surface area contributed by atoms with Crippen molar-refractivity contribution in [2.75, 3.05) is 26.2 Å². The number of hydrogen-bond acceptors (Lipinski definition) is 5. The minimum Gasteiger partial charge on any atom is -0.468 e. The van der Waals surface area contributed by atoms with Crippen molar-refractivity contribution in [3.05, 3.63) is 88.8 Å². The highest BCUT2D eigenvalue weighted by molar-refractivity contribution is 7.89. The zero-order valence-corrected chi connectivity index (χ0v) is 19.0. The van der Waals surface area contributed by atoms with Crippen LogP contribution in [0.2, 0.25) is 5.02 Å². The summed E-state index contributed by atoms with van der Waals surface area (Å²) in [5.41, 5.74) is 1.62. The molecular formula is C23H24ClN3O4S. The van der Waals surface area contributed by atoms with Gasteiger partial charge in [-0.05, 0) is 54.1 Å². The number of halogens is 1. The zero-order valence-electron chi connectivity index (χ0n) is 17.4. The lowest BCUT2D eigenvalue weighted by Crippen LogP contribution is -2.48. The molecule has 0 atom stereocenters. The Hall–Kier alpha value is -2.65. The highest BCUT2D eigenvalue weighted by Crippen LogP contribution is 2.17. The Morgan fingerprint density at radius 2 is 1.75 bits per heavy atom. The van der Waals surface area contributed by atoms with Crippen LogP contribution < -0.4 is 4.72 Å². The van der Waals surface area contributed by atoms with Gasteiger partial charge in [-0.3, -0.25) is 9.69 Å². The molecule has 32 heavy (non-hydrogen) atoms. The van der Waals surface area contributed by atoms with Gasteiger partial charge in [-0.1, -0.05) is 23.7 Å². The number of hydrogen-bond donors (Lipinski definition) is 1. The van der Waals surface area contributed by atoms with Gasteiger partial charge in [0.1, 0.15) is 5.76 Å². The average Bonchev–Trinajstić information content (AvgIpc) is 3.32. The molecule has 1 saturated heterocycles. The van der Waals surface area contributed by atoms with Crippen LogP contribution in [0.5, 0.6) is 0 Å². The first-order valence-corrected chi connectivity index (χ1v) is 12.1. The van der Waals surface area contributed by atoms with E-state index in [1.165, 1.54) is 18.4 Å². The van der Waals surface area contributed by atoms with E-state index in [1.807, 2.05) is 24.3 Å². The molecule has 1 aliphatic heterocycles. The van der Waals surface area contributed by atoms with Crippen molar-refractivity contribution in [3.63, 3.8) is 0 Å². The fourth-order valence-corrected chi connectivity index (χ4v) is 4.83. The largest absolute Gasteiger partial charge is 0.468 e. The molecule has 0 aliphatic carbocycles. The van der Waals surface area contributed by atoms with E-state index in [0.717, 1.165) is 30.2 Å². The summed E-state index contributed by atoms with van der Waals surface area (Å²) in [5, 5.41) is 0.720. The molecule has 3 aromatic rings. The highest BCUT2D eigenvalue weighted by Gasteiger charge is 2.23. The van der Waals surface area contributed by atoms with Crippen molar-refractivity contribution >= 4 is 27.5 Å². The summed E-state index contributed by atoms with van der Waals surface area (Å²) in [4.78, 5) is 17.1. The van der Waals surface area contributed by atoms with E-state index in [1.54, 1.807) is 29.2 Å². The lowest BCUT2D eigenvalue weighted by molar-refractivity contribution is 0.0628. The van der Waals surface area contributed by atoms with Crippen molar-refractivity contribution in [2.24, 2.45) is 0 Å². The molecule has 1 fully saturated rings. The number of amides is 1. The summed E-state index contributed by atoms with van der Waals surface area (Å²) in [6.07, 6.45) is 1.49. The molecule has 0 radical (unpaired) electrons. The molecule has 7 nitrogen and oxygen atoms in total. The second kappa shape index (κ2) is 9.87. The van der Waals surface area contributed by atoms with Gasteiger partial charge in [-0.15, -0.1) is 0 Å². The molecule has 0 bridgehead atoms. The molecule has 0 spiro atoms. The first-order chi connectivity index (χ1) is 15.4. The van der Waals surface area contributed by atoms with Crippen LogP contribution in [0.3, 0.4) is 0 Å². The minimum absolute atomic E-state index is 0.0650. The Balaban J connectivity index is 1.32. The Bertz CT molecular complexity index is 1160. The van der Waals surface area contributed by atoms with Gasteiger partial charge in [0.2, 0.25) is 10.0 Å². The summed E-state index contributed by atoms with van der Waals surface area (Å²) in [6, 6.07) is 17.2. The van der Waals surface area contributed by atoms with Gasteiger partial charge >= 0.3 is 0 Å². The van der Waals surface area contributed by atoms with Crippen LogP contribution in [0, 0.1) is 0 Å². The molecule has 0 saturated carbocycles. The van der Waals surface area contributed by atoms with Crippen molar-refractivity contribution < 1.29 is 17.6 Å². The van der Waals surface area contributed by atoms with Gasteiger partial charge in [-0.25, -0.2) is 13.1 Å². The molecule has 168 valence electrons. The number of furan rings is 1. The number of nitrogens with zero attached hydrogens (tertiary/aromatic N) is 2. The van der Waals surface area contributed by atoms with Gasteiger partial charge in [0, 0.05) is 43.3 Å². The summed E-state index contributed by atoms with van der Waals surface area (Å²) >= 11 is 6.06. The Morgan fingerprint density at radius 1 is 1.00 bits per heavy atom. The van der Waals surface area contributed by atoms with E-state index < -0.39 is 10.0 Å². The smallest absolute Gasteiger partial charge is 0.253 e. The van der Waals surface area contributed by atoms with Gasteiger partial charge in [0.05, 0.1) is 17.7 Å². The van der Waals surface area contributed by atoms with Crippen LogP contribution in [0.1, 0.15) is 21.7 Å². The number of carbonyl (C=O) groups excluding carboxylic acids is 1. The van der Waals surface area contributed by atoms with E-state index in [4.69, 9.17) is 16.0 Å². The van der Waals surface area contributed by atoms with Gasteiger partial charge in [-0.2, -0.15) is 0 Å². The second-order valence-electron chi connectivity index (χ2n) is 7.63. The molecule has 0 unspecified atom stereocenters. The van der Waals surface area contributed by atoms with Crippen LogP contribution in [-0.4, -0.2) is 50.3 Å². The third-order valence-corrected chi connectivity index (χ3v) is 7.04. The van der Waals surface area contributed by atoms with Crippen molar-refractivity contribution in [3.8, 4) is 0 Å². The summed E-state index contributed by atoms with van der Waals surface area (Å²) in [7, 11) is -3.69. The molecule has 2 heterocycles. The molecule has 4 rings (SSSR count). The number of sulfonamides is 1. The predicted octanol–water partition coefficient (Wildman–Crippen LogP) is 3.37. The minimum atomic E-state index is -3.69. The number of nitrogens with one attached hydrogen (secondary N) is 1. The fraction of sp³-hybridized carbons (Fsp3) is 0.261. The fourth-order valence-electron chi connectivity index (χ4n) is 3.62. The predicted molar refractivity (Wildman–Crippen MR) is 122 cm³/mol. The summed E-state index contributed by atoms with van der Waals surface area (Å²) < 4.78 is 32.5. The lowest BCUT2D eigenvalue weighted by atomic mass is 10.1. The van der Waals surface area contributed by atoms with E-state index in [9.17, 15) is 13.2 Å². The SMILES string of the molecule is O=C(c1ccc(S(=O)(=O)NCc2ccco2)cc1)N1CCN(Cc2cccc(Cl)c2)CC1. The van der Waals surface area contributed by atoms with Crippen LogP contribution >= 0.6 is 11.6 Å². The molecule has 2 aromatic carbocycles. The molecule has 1 aliphatic rings. The van der Waals surface area contributed by atoms with Crippen LogP contribution in [0.4, 0.5) is 0 Å². The van der Waals surface area contributed by atoms with Crippen LogP contribution in [-0.2, 0) is 23.1 Å². The number of rotatable bonds is 7. The maximum absolute atomic E-state index is 12.9. The normalized spacial score (nSPS) is 15.1. The van der Waals surface area contributed by atoms with Crippen LogP contribution in [0.25, 0.3) is 0 Å². The third-order valence-electron chi connectivity index (χ3n) is 5.38. The Kier molecular flexibility index (Phi) is 6.95. The highest BCUT2D eigenvalue weighted by atomic mass is 35.5. The summed E-state index contributed by atoms with van der Waals surface area (Å²) in [6.45, 7) is 3.62. The molecular weight excluding hydrogens is 450 g/mol. The van der Waals surface area contributed by atoms with E-state index >= 15 is 0 Å². The van der Waals surface area contributed by atoms with Crippen molar-refractivity contribution in [1.29, 1.82) is 0 Å². The third kappa shape index (κ3) is 5.58. The second-order valence-corrected chi connectivity index (χ2v) is 9.83. The molecule has 1 amide bonds. The van der Waals surface area contributed by atoms with Gasteiger partial charge in [0.15, 0.2) is 0 Å². The Labute approximate surface area is 192 Å². The molecule has 9 heteroatoms. The summed E-state index contributed by atoms with van der Waals surface area (Å²) in [5.74, 6) is 0.426. The average molecular weight is 474 g/mol. The molecule has 1 aromatic heterocycles. The molecule has 1 N–H and O–H groups in total. The monoisotopic (exact) mass is 473 g/mol. The van der Waals surface area contributed by atoms with Crippen molar-refractivity contribution in [1.82, 2.24) is 14.5 Å². The maximum atomic E-state index is 12.9. The standard InChI is InChI=1S/C23H24ClN3O4S/c24-20-4-1-3-18(15-20)17-26-10-12-27(13-11-26)23(28)19-6-8-22(9-7-19)32(29,30)25-16-21-5-2-14-31-21/h1-9,14-15,25H,10-13,16-17H2. The number of carbonyl (C=O) groups is 1. The van der Waals surface area contributed by atoms with Gasteiger partial charge in [0.25, 0.3) is 5.91 Å². The number of piperazine rings is 1.